The number of nitrogens with zero attached hydrogens (tertiary/aromatic N) is 2. The summed E-state index contributed by atoms with van der Waals surface area (Å²) in [5.41, 5.74) is 1.34. The van der Waals surface area contributed by atoms with E-state index in [2.05, 4.69) is 11.4 Å². The monoisotopic (exact) mass is 456 g/mol. The smallest absolute Gasteiger partial charge is 0.336 e. The minimum absolute atomic E-state index is 0.0894. The van der Waals surface area contributed by atoms with Gasteiger partial charge in [-0.3, -0.25) is 0 Å². The maximum absolute atomic E-state index is 12.3. The second-order valence-corrected chi connectivity index (χ2v) is 7.14. The number of nitriles is 1. The second-order valence-electron chi connectivity index (χ2n) is 5.89. The zero-order chi connectivity index (χ0) is 21.6. The summed E-state index contributed by atoms with van der Waals surface area (Å²) >= 11 is 18.7. The Kier molecular flexibility index (Phi) is 8.53. The number of urea groups is 1. The first-order chi connectivity index (χ1) is 13.8. The molecule has 2 aromatic rings. The molecule has 1 unspecified atom stereocenters. The van der Waals surface area contributed by atoms with Gasteiger partial charge in [0.2, 0.25) is 0 Å². The number of anilines is 1. The normalized spacial score (nSPS) is 11.8. The van der Waals surface area contributed by atoms with Gasteiger partial charge in [0.15, 0.2) is 6.29 Å². The Morgan fingerprint density at radius 1 is 1.17 bits per heavy atom. The van der Waals surface area contributed by atoms with Crippen LogP contribution in [0.25, 0.3) is 0 Å². The van der Waals surface area contributed by atoms with Crippen molar-refractivity contribution in [1.82, 2.24) is 5.32 Å². The summed E-state index contributed by atoms with van der Waals surface area (Å²) in [7, 11) is 2.90. The third-order valence-electron chi connectivity index (χ3n) is 4.13. The maximum Gasteiger partial charge on any atom is 0.336 e. The summed E-state index contributed by atoms with van der Waals surface area (Å²) in [6.45, 7) is 0.0894. The van der Waals surface area contributed by atoms with Gasteiger partial charge in [0, 0.05) is 34.9 Å². The van der Waals surface area contributed by atoms with Gasteiger partial charge in [-0.15, -0.1) is 0 Å². The number of carbonyl (C=O) groups excluding carboxylic acids is 1. The third-order valence-corrected chi connectivity index (χ3v) is 5.01. The van der Waals surface area contributed by atoms with Gasteiger partial charge in [0.05, 0.1) is 24.2 Å². The number of nitrogens with one attached hydrogen (secondary N) is 1. The van der Waals surface area contributed by atoms with Crippen LogP contribution in [0.5, 0.6) is 0 Å². The molecule has 0 bridgehead atoms. The number of hydrogen-bond acceptors (Lipinski definition) is 5. The van der Waals surface area contributed by atoms with E-state index in [0.717, 1.165) is 5.01 Å². The van der Waals surface area contributed by atoms with E-state index in [1.54, 1.807) is 24.3 Å². The number of hydrogen-bond donors (Lipinski definition) is 2. The largest absolute Gasteiger partial charge is 0.354 e. The molecule has 0 spiro atoms. The van der Waals surface area contributed by atoms with Gasteiger partial charge in [-0.25, -0.2) is 15.6 Å². The summed E-state index contributed by atoms with van der Waals surface area (Å²) in [4.78, 5) is 12.3. The van der Waals surface area contributed by atoms with E-state index in [0.29, 0.717) is 16.1 Å². The van der Waals surface area contributed by atoms with E-state index in [-0.39, 0.29) is 22.3 Å². The minimum atomic E-state index is -0.717. The highest BCUT2D eigenvalue weighted by Gasteiger charge is 2.23. The minimum Gasteiger partial charge on any atom is -0.354 e. The van der Waals surface area contributed by atoms with Crippen LogP contribution in [0.15, 0.2) is 36.4 Å². The molecule has 2 rings (SSSR count). The summed E-state index contributed by atoms with van der Waals surface area (Å²) in [6.07, 6.45) is -0.613. The van der Waals surface area contributed by atoms with Crippen LogP contribution in [-0.4, -0.2) is 33.1 Å². The highest BCUT2D eigenvalue weighted by Crippen LogP contribution is 2.38. The molecule has 2 aromatic carbocycles. The topological polar surface area (TPSA) is 101 Å². The first kappa shape index (κ1) is 23.2. The Morgan fingerprint density at radius 2 is 1.72 bits per heavy atom. The van der Waals surface area contributed by atoms with E-state index in [4.69, 9.17) is 50.1 Å². The standard InChI is InChI=1S/C19H19Cl3N4O3/c1-28-17(29-2)10-25-19(27)26(24)13-7-15(21)18(16(22)8-13)14(9-23)11-3-5-12(20)6-4-11/h3-8,14,17H,10,24H2,1-2H3,(H,25,27). The molecular weight excluding hydrogens is 439 g/mol. The number of methoxy groups -OCH3 is 2. The summed E-state index contributed by atoms with van der Waals surface area (Å²) in [6, 6.07) is 11.3. The van der Waals surface area contributed by atoms with Gasteiger partial charge in [-0.2, -0.15) is 5.26 Å². The Labute approximate surface area is 183 Å². The Hall–Kier alpha value is -2.05. The van der Waals surface area contributed by atoms with Gasteiger partial charge < -0.3 is 14.8 Å². The number of nitrogens with two attached hydrogens (primary N) is 1. The average Bonchev–Trinajstić information content (AvgIpc) is 2.71. The molecule has 0 aliphatic heterocycles. The van der Waals surface area contributed by atoms with Crippen LogP contribution in [0.1, 0.15) is 17.0 Å². The fourth-order valence-electron chi connectivity index (χ4n) is 2.58. The average molecular weight is 458 g/mol. The molecule has 0 radical (unpaired) electrons. The Morgan fingerprint density at radius 3 is 2.21 bits per heavy atom. The van der Waals surface area contributed by atoms with Crippen molar-refractivity contribution in [2.45, 2.75) is 12.2 Å². The molecule has 0 aliphatic carbocycles. The molecule has 0 fully saturated rings. The number of halogens is 3. The molecule has 0 aromatic heterocycles. The molecule has 0 aliphatic rings. The molecule has 10 heteroatoms. The van der Waals surface area contributed by atoms with Gasteiger partial charge >= 0.3 is 6.03 Å². The van der Waals surface area contributed by atoms with Crippen molar-refractivity contribution in [1.29, 1.82) is 5.26 Å². The van der Waals surface area contributed by atoms with Crippen molar-refractivity contribution < 1.29 is 14.3 Å². The first-order valence-electron chi connectivity index (χ1n) is 8.34. The fraction of sp³-hybridized carbons (Fsp3) is 0.263. The molecule has 0 saturated carbocycles. The number of benzene rings is 2. The van der Waals surface area contributed by atoms with Crippen molar-refractivity contribution in [3.63, 3.8) is 0 Å². The Balaban J connectivity index is 2.27. The van der Waals surface area contributed by atoms with Crippen LogP contribution in [0.3, 0.4) is 0 Å². The summed E-state index contributed by atoms with van der Waals surface area (Å²) in [5, 5.41) is 14.0. The van der Waals surface area contributed by atoms with Gasteiger partial charge in [0.1, 0.15) is 0 Å². The molecule has 0 heterocycles. The number of rotatable bonds is 7. The van der Waals surface area contributed by atoms with Crippen molar-refractivity contribution in [3.05, 3.63) is 62.6 Å². The predicted molar refractivity (Wildman–Crippen MR) is 113 cm³/mol. The lowest BCUT2D eigenvalue weighted by atomic mass is 9.92. The van der Waals surface area contributed by atoms with Gasteiger partial charge in [-0.05, 0) is 29.8 Å². The molecule has 7 nitrogen and oxygen atoms in total. The molecule has 154 valence electrons. The molecule has 2 amide bonds. The molecule has 3 N–H and O–H groups in total. The third kappa shape index (κ3) is 5.73. The lowest BCUT2D eigenvalue weighted by molar-refractivity contribution is -0.0970. The SMILES string of the molecule is COC(CNC(=O)N(N)c1cc(Cl)c(C(C#N)c2ccc(Cl)cc2)c(Cl)c1)OC. The molecular formula is C19H19Cl3N4O3. The first-order valence-corrected chi connectivity index (χ1v) is 9.48. The zero-order valence-corrected chi connectivity index (χ0v) is 17.9. The van der Waals surface area contributed by atoms with E-state index >= 15 is 0 Å². The van der Waals surface area contributed by atoms with Crippen LogP contribution in [-0.2, 0) is 9.47 Å². The van der Waals surface area contributed by atoms with Crippen LogP contribution < -0.4 is 16.2 Å². The highest BCUT2D eigenvalue weighted by atomic mass is 35.5. The number of amides is 2. The van der Waals surface area contributed by atoms with E-state index < -0.39 is 18.2 Å². The molecule has 0 saturated heterocycles. The summed E-state index contributed by atoms with van der Waals surface area (Å²) < 4.78 is 10.00. The van der Waals surface area contributed by atoms with Crippen LogP contribution >= 0.6 is 34.8 Å². The molecule has 1 atom stereocenters. The summed E-state index contributed by atoms with van der Waals surface area (Å²) in [5.74, 6) is 5.16. The number of ether oxygens (including phenoxy) is 2. The lowest BCUT2D eigenvalue weighted by Crippen LogP contribution is -2.47. The van der Waals surface area contributed by atoms with Crippen LogP contribution in [0.2, 0.25) is 15.1 Å². The highest BCUT2D eigenvalue weighted by molar-refractivity contribution is 6.36. The van der Waals surface area contributed by atoms with Crippen molar-refractivity contribution in [2.24, 2.45) is 5.84 Å². The fourth-order valence-corrected chi connectivity index (χ4v) is 3.40. The van der Waals surface area contributed by atoms with E-state index in [1.807, 2.05) is 0 Å². The van der Waals surface area contributed by atoms with Gasteiger partial charge in [-0.1, -0.05) is 46.9 Å². The van der Waals surface area contributed by atoms with E-state index in [9.17, 15) is 10.1 Å². The van der Waals surface area contributed by atoms with Crippen LogP contribution in [0, 0.1) is 11.3 Å². The van der Waals surface area contributed by atoms with Crippen LogP contribution in [0.4, 0.5) is 10.5 Å². The van der Waals surface area contributed by atoms with Crippen molar-refractivity contribution in [2.75, 3.05) is 25.8 Å². The number of hydrazine groups is 1. The van der Waals surface area contributed by atoms with Crippen molar-refractivity contribution >= 4 is 46.5 Å². The zero-order valence-electron chi connectivity index (χ0n) is 15.7. The number of carbonyl (C=O) groups is 1. The van der Waals surface area contributed by atoms with Crippen molar-refractivity contribution in [3.8, 4) is 6.07 Å². The quantitative estimate of drug-likeness (QED) is 0.279. The lowest BCUT2D eigenvalue weighted by Gasteiger charge is -2.22. The predicted octanol–water partition coefficient (Wildman–Crippen LogP) is 4.31. The second kappa shape index (κ2) is 10.6. The van der Waals surface area contributed by atoms with E-state index in [1.165, 1.54) is 26.4 Å². The Bertz CT molecular complexity index is 876. The maximum atomic E-state index is 12.3. The molecule has 29 heavy (non-hydrogen) atoms. The van der Waals surface area contributed by atoms with Gasteiger partial charge in [0.25, 0.3) is 0 Å².